The fraction of sp³-hybridized carbons (Fsp3) is 0.600. The first-order valence-corrected chi connectivity index (χ1v) is 5.66. The van der Waals surface area contributed by atoms with Crippen LogP contribution in [0.5, 0.6) is 0 Å². The lowest BCUT2D eigenvalue weighted by Crippen LogP contribution is -2.29. The van der Waals surface area contributed by atoms with Crippen LogP contribution >= 0.6 is 15.9 Å². The SMILES string of the molecule is N[C@@H]1CCC[C@@H]1C(O)c1occc1Br. The van der Waals surface area contributed by atoms with Crippen molar-refractivity contribution < 1.29 is 9.52 Å². The zero-order valence-electron chi connectivity index (χ0n) is 7.82. The van der Waals surface area contributed by atoms with Crippen LogP contribution in [0.2, 0.25) is 0 Å². The predicted octanol–water partition coefficient (Wildman–Crippen LogP) is 2.20. The van der Waals surface area contributed by atoms with Crippen molar-refractivity contribution in [3.05, 3.63) is 22.6 Å². The van der Waals surface area contributed by atoms with Gasteiger partial charge in [0.15, 0.2) is 0 Å². The highest BCUT2D eigenvalue weighted by Crippen LogP contribution is 2.37. The summed E-state index contributed by atoms with van der Waals surface area (Å²) in [5.41, 5.74) is 5.92. The van der Waals surface area contributed by atoms with Crippen LogP contribution in [0.1, 0.15) is 31.1 Å². The molecule has 1 saturated carbocycles. The van der Waals surface area contributed by atoms with E-state index in [-0.39, 0.29) is 12.0 Å². The van der Waals surface area contributed by atoms with Crippen LogP contribution in [0.3, 0.4) is 0 Å². The van der Waals surface area contributed by atoms with E-state index in [2.05, 4.69) is 15.9 Å². The Hall–Kier alpha value is -0.320. The molecule has 2 rings (SSSR count). The molecule has 0 bridgehead atoms. The first kappa shape index (κ1) is 10.2. The Labute approximate surface area is 91.4 Å². The Bertz CT molecular complexity index is 313. The third-order valence-electron chi connectivity index (χ3n) is 2.94. The predicted molar refractivity (Wildman–Crippen MR) is 56.7 cm³/mol. The average Bonchev–Trinajstić information content (AvgIpc) is 2.73. The lowest BCUT2D eigenvalue weighted by Gasteiger charge is -2.20. The molecule has 1 aromatic heterocycles. The standard InChI is InChI=1S/C10H14BrNO2/c11-7-4-5-14-10(7)9(13)6-2-1-3-8(6)12/h4-6,8-9,13H,1-3,12H2/t6-,8+,9?/m0/s1. The molecule has 0 saturated heterocycles. The third-order valence-corrected chi connectivity index (χ3v) is 3.60. The maximum absolute atomic E-state index is 10.1. The summed E-state index contributed by atoms with van der Waals surface area (Å²) in [6.07, 6.45) is 4.08. The maximum Gasteiger partial charge on any atom is 0.146 e. The van der Waals surface area contributed by atoms with Crippen LogP contribution in [-0.2, 0) is 0 Å². The van der Waals surface area contributed by atoms with Gasteiger partial charge in [0.05, 0.1) is 10.7 Å². The van der Waals surface area contributed by atoms with E-state index >= 15 is 0 Å². The second-order valence-corrected chi connectivity index (χ2v) is 4.69. The normalized spacial score (nSPS) is 29.4. The van der Waals surface area contributed by atoms with E-state index in [1.807, 2.05) is 0 Å². The molecule has 1 aliphatic carbocycles. The molecule has 0 spiro atoms. The lowest BCUT2D eigenvalue weighted by molar-refractivity contribution is 0.0804. The highest BCUT2D eigenvalue weighted by Gasteiger charge is 2.33. The molecule has 3 atom stereocenters. The number of aliphatic hydroxyl groups excluding tert-OH is 1. The van der Waals surface area contributed by atoms with E-state index in [1.165, 1.54) is 0 Å². The molecule has 3 nitrogen and oxygen atoms in total. The summed E-state index contributed by atoms with van der Waals surface area (Å²) < 4.78 is 6.06. The average molecular weight is 260 g/mol. The summed E-state index contributed by atoms with van der Waals surface area (Å²) in [5, 5.41) is 10.1. The highest BCUT2D eigenvalue weighted by atomic mass is 79.9. The van der Waals surface area contributed by atoms with Crippen molar-refractivity contribution in [1.82, 2.24) is 0 Å². The number of aliphatic hydroxyl groups is 1. The molecule has 14 heavy (non-hydrogen) atoms. The number of rotatable bonds is 2. The quantitative estimate of drug-likeness (QED) is 0.857. The number of furan rings is 1. The lowest BCUT2D eigenvalue weighted by atomic mass is 9.96. The molecule has 3 N–H and O–H groups in total. The van der Waals surface area contributed by atoms with Crippen molar-refractivity contribution >= 4 is 15.9 Å². The molecular formula is C10H14BrNO2. The summed E-state index contributed by atoms with van der Waals surface area (Å²) in [6, 6.07) is 1.89. The zero-order chi connectivity index (χ0) is 10.1. The summed E-state index contributed by atoms with van der Waals surface area (Å²) in [7, 11) is 0. The van der Waals surface area contributed by atoms with E-state index in [0.717, 1.165) is 23.7 Å². The van der Waals surface area contributed by atoms with Gasteiger partial charge in [0.2, 0.25) is 0 Å². The summed E-state index contributed by atoms with van der Waals surface area (Å²) >= 11 is 3.34. The first-order chi connectivity index (χ1) is 6.70. The fourth-order valence-electron chi connectivity index (χ4n) is 2.12. The highest BCUT2D eigenvalue weighted by molar-refractivity contribution is 9.10. The largest absolute Gasteiger partial charge is 0.465 e. The van der Waals surface area contributed by atoms with Crippen molar-refractivity contribution in [3.8, 4) is 0 Å². The Morgan fingerprint density at radius 3 is 2.86 bits per heavy atom. The van der Waals surface area contributed by atoms with Gasteiger partial charge in [-0.3, -0.25) is 0 Å². The van der Waals surface area contributed by atoms with Gasteiger partial charge in [0, 0.05) is 12.0 Å². The third kappa shape index (κ3) is 1.74. The van der Waals surface area contributed by atoms with Gasteiger partial charge < -0.3 is 15.3 Å². The molecule has 0 amide bonds. The van der Waals surface area contributed by atoms with Gasteiger partial charge in [-0.25, -0.2) is 0 Å². The molecule has 1 unspecified atom stereocenters. The van der Waals surface area contributed by atoms with E-state index in [0.29, 0.717) is 5.76 Å². The van der Waals surface area contributed by atoms with E-state index in [4.69, 9.17) is 10.2 Å². The van der Waals surface area contributed by atoms with E-state index in [9.17, 15) is 5.11 Å². The molecule has 1 fully saturated rings. The van der Waals surface area contributed by atoms with Crippen LogP contribution in [0, 0.1) is 5.92 Å². The second-order valence-electron chi connectivity index (χ2n) is 3.84. The van der Waals surface area contributed by atoms with Gasteiger partial charge in [-0.2, -0.15) is 0 Å². The fourth-order valence-corrected chi connectivity index (χ4v) is 2.56. The Balaban J connectivity index is 2.15. The molecule has 78 valence electrons. The van der Waals surface area contributed by atoms with Crippen molar-refractivity contribution in [2.24, 2.45) is 11.7 Å². The molecule has 1 aromatic rings. The smallest absolute Gasteiger partial charge is 0.146 e. The van der Waals surface area contributed by atoms with Gasteiger partial charge >= 0.3 is 0 Å². The van der Waals surface area contributed by atoms with E-state index in [1.54, 1.807) is 12.3 Å². The summed E-state index contributed by atoms with van der Waals surface area (Å²) in [5.74, 6) is 0.741. The summed E-state index contributed by atoms with van der Waals surface area (Å²) in [6.45, 7) is 0. The van der Waals surface area contributed by atoms with Crippen molar-refractivity contribution in [3.63, 3.8) is 0 Å². The Kier molecular flexibility index (Phi) is 2.95. The van der Waals surface area contributed by atoms with Crippen molar-refractivity contribution in [2.45, 2.75) is 31.4 Å². The van der Waals surface area contributed by atoms with Crippen LogP contribution in [0.25, 0.3) is 0 Å². The molecule has 1 aliphatic rings. The minimum atomic E-state index is -0.572. The number of hydrogen-bond donors (Lipinski definition) is 2. The van der Waals surface area contributed by atoms with Gasteiger partial charge in [-0.15, -0.1) is 0 Å². The van der Waals surface area contributed by atoms with Crippen molar-refractivity contribution in [2.75, 3.05) is 0 Å². The van der Waals surface area contributed by atoms with Crippen LogP contribution in [0.4, 0.5) is 0 Å². The summed E-state index contributed by atoms with van der Waals surface area (Å²) in [4.78, 5) is 0. The number of nitrogens with two attached hydrogens (primary N) is 1. The molecule has 0 aliphatic heterocycles. The molecule has 0 radical (unpaired) electrons. The molecule has 4 heteroatoms. The number of hydrogen-bond acceptors (Lipinski definition) is 3. The van der Waals surface area contributed by atoms with Crippen LogP contribution in [0.15, 0.2) is 21.2 Å². The van der Waals surface area contributed by atoms with Crippen molar-refractivity contribution in [1.29, 1.82) is 0 Å². The maximum atomic E-state index is 10.1. The first-order valence-electron chi connectivity index (χ1n) is 4.86. The molecule has 1 heterocycles. The van der Waals surface area contributed by atoms with Crippen LogP contribution in [-0.4, -0.2) is 11.1 Å². The van der Waals surface area contributed by atoms with Gasteiger partial charge in [0.1, 0.15) is 11.9 Å². The van der Waals surface area contributed by atoms with Gasteiger partial charge in [-0.1, -0.05) is 6.42 Å². The Morgan fingerprint density at radius 1 is 1.57 bits per heavy atom. The minimum Gasteiger partial charge on any atom is -0.465 e. The van der Waals surface area contributed by atoms with E-state index < -0.39 is 6.10 Å². The van der Waals surface area contributed by atoms with Gasteiger partial charge in [0.25, 0.3) is 0 Å². The van der Waals surface area contributed by atoms with Crippen LogP contribution < -0.4 is 5.73 Å². The number of halogens is 1. The monoisotopic (exact) mass is 259 g/mol. The molecular weight excluding hydrogens is 246 g/mol. The minimum absolute atomic E-state index is 0.0991. The second kappa shape index (κ2) is 4.04. The molecule has 0 aromatic carbocycles. The zero-order valence-corrected chi connectivity index (χ0v) is 9.40. The topological polar surface area (TPSA) is 59.4 Å². The Morgan fingerprint density at radius 2 is 2.36 bits per heavy atom. The van der Waals surface area contributed by atoms with Gasteiger partial charge in [-0.05, 0) is 34.8 Å².